The van der Waals surface area contributed by atoms with Crippen molar-refractivity contribution in [1.82, 2.24) is 5.32 Å². The lowest BCUT2D eigenvalue weighted by atomic mass is 10.3. The van der Waals surface area contributed by atoms with Gasteiger partial charge >= 0.3 is 5.97 Å². The number of nitrogens with one attached hydrogen (secondary N) is 1. The average molecular weight is 231 g/mol. The van der Waals surface area contributed by atoms with Crippen molar-refractivity contribution in [3.05, 3.63) is 0 Å². The first-order chi connectivity index (χ1) is 7.66. The molecule has 0 aliphatic carbocycles. The first-order valence-electron chi connectivity index (χ1n) is 6.14. The molecule has 0 spiro atoms. The molecule has 1 N–H and O–H groups in total. The highest BCUT2D eigenvalue weighted by Crippen LogP contribution is 1.90. The van der Waals surface area contributed by atoms with Crippen molar-refractivity contribution in [1.29, 1.82) is 0 Å². The van der Waals surface area contributed by atoms with Crippen molar-refractivity contribution < 1.29 is 14.3 Å². The maximum absolute atomic E-state index is 11.1. The third kappa shape index (κ3) is 11.5. The van der Waals surface area contributed by atoms with Crippen molar-refractivity contribution in [2.24, 2.45) is 0 Å². The topological polar surface area (TPSA) is 47.6 Å². The Morgan fingerprint density at radius 2 is 1.94 bits per heavy atom. The highest BCUT2D eigenvalue weighted by atomic mass is 16.5. The summed E-state index contributed by atoms with van der Waals surface area (Å²) in [7, 11) is 0. The van der Waals surface area contributed by atoms with Crippen LogP contribution >= 0.6 is 0 Å². The van der Waals surface area contributed by atoms with E-state index in [1.54, 1.807) is 0 Å². The third-order valence-electron chi connectivity index (χ3n) is 1.92. The van der Waals surface area contributed by atoms with Crippen molar-refractivity contribution >= 4 is 5.97 Å². The van der Waals surface area contributed by atoms with Gasteiger partial charge in [0.1, 0.15) is 0 Å². The molecule has 0 atom stereocenters. The lowest BCUT2D eigenvalue weighted by molar-refractivity contribution is -0.146. The van der Waals surface area contributed by atoms with Gasteiger partial charge in [-0.1, -0.05) is 13.3 Å². The number of carbonyl (C=O) groups is 1. The normalized spacial score (nSPS) is 10.8. The maximum Gasteiger partial charge on any atom is 0.320 e. The molecule has 0 aliphatic heterocycles. The Labute approximate surface area is 98.7 Å². The summed E-state index contributed by atoms with van der Waals surface area (Å²) in [5, 5.41) is 3.03. The molecule has 0 fully saturated rings. The molecule has 0 amide bonds. The second kappa shape index (κ2) is 10.9. The number of ether oxygens (including phenoxy) is 2. The lowest BCUT2D eigenvalue weighted by Gasteiger charge is -2.08. The minimum atomic E-state index is -0.193. The molecule has 16 heavy (non-hydrogen) atoms. The molecule has 0 aromatic carbocycles. The largest absolute Gasteiger partial charge is 0.462 e. The summed E-state index contributed by atoms with van der Waals surface area (Å²) >= 11 is 0. The molecule has 0 aliphatic rings. The van der Waals surface area contributed by atoms with Gasteiger partial charge in [0.15, 0.2) is 0 Å². The van der Waals surface area contributed by atoms with Gasteiger partial charge < -0.3 is 14.8 Å². The molecule has 0 unspecified atom stereocenters. The van der Waals surface area contributed by atoms with Gasteiger partial charge in [-0.3, -0.25) is 4.79 Å². The number of rotatable bonds is 10. The van der Waals surface area contributed by atoms with Crippen LogP contribution in [0.3, 0.4) is 0 Å². The van der Waals surface area contributed by atoms with E-state index in [-0.39, 0.29) is 18.6 Å². The van der Waals surface area contributed by atoms with Gasteiger partial charge in [-0.05, 0) is 33.2 Å². The standard InChI is InChI=1S/C12H25NO3/c1-4-5-8-15-9-6-7-13-10-12(14)16-11(2)3/h11,13H,4-10H2,1-3H3. The minimum absolute atomic E-state index is 0.0355. The summed E-state index contributed by atoms with van der Waals surface area (Å²) in [5.74, 6) is -0.193. The van der Waals surface area contributed by atoms with Gasteiger partial charge in [-0.15, -0.1) is 0 Å². The fraction of sp³-hybridized carbons (Fsp3) is 0.917. The number of hydrogen-bond acceptors (Lipinski definition) is 4. The summed E-state index contributed by atoms with van der Waals surface area (Å²) in [6, 6.07) is 0. The molecule has 0 saturated carbocycles. The minimum Gasteiger partial charge on any atom is -0.462 e. The van der Waals surface area contributed by atoms with Crippen LogP contribution in [0.15, 0.2) is 0 Å². The molecule has 4 heteroatoms. The maximum atomic E-state index is 11.1. The highest BCUT2D eigenvalue weighted by Gasteiger charge is 2.03. The van der Waals surface area contributed by atoms with Crippen molar-refractivity contribution in [3.8, 4) is 0 Å². The first-order valence-corrected chi connectivity index (χ1v) is 6.14. The van der Waals surface area contributed by atoms with Crippen LogP contribution in [0, 0.1) is 0 Å². The number of esters is 1. The van der Waals surface area contributed by atoms with E-state index in [1.165, 1.54) is 6.42 Å². The Morgan fingerprint density at radius 1 is 1.25 bits per heavy atom. The zero-order chi connectivity index (χ0) is 12.2. The smallest absolute Gasteiger partial charge is 0.320 e. The number of hydrogen-bond donors (Lipinski definition) is 1. The van der Waals surface area contributed by atoms with Crippen molar-refractivity contribution in [3.63, 3.8) is 0 Å². The van der Waals surface area contributed by atoms with Gasteiger partial charge in [0.25, 0.3) is 0 Å². The molecule has 0 radical (unpaired) electrons. The van der Waals surface area contributed by atoms with E-state index in [2.05, 4.69) is 12.2 Å². The predicted molar refractivity (Wildman–Crippen MR) is 64.4 cm³/mol. The van der Waals surface area contributed by atoms with E-state index in [0.29, 0.717) is 0 Å². The summed E-state index contributed by atoms with van der Waals surface area (Å²) in [4.78, 5) is 11.1. The summed E-state index contributed by atoms with van der Waals surface area (Å²) in [6.45, 7) is 8.51. The van der Waals surface area contributed by atoms with Gasteiger partial charge in [0.2, 0.25) is 0 Å². The quantitative estimate of drug-likeness (QED) is 0.459. The monoisotopic (exact) mass is 231 g/mol. The Hall–Kier alpha value is -0.610. The van der Waals surface area contributed by atoms with E-state index >= 15 is 0 Å². The molecule has 4 nitrogen and oxygen atoms in total. The Balaban J connectivity index is 3.11. The summed E-state index contributed by atoms with van der Waals surface area (Å²) in [6.07, 6.45) is 3.18. The fourth-order valence-electron chi connectivity index (χ4n) is 1.14. The SMILES string of the molecule is CCCCOCCCNCC(=O)OC(C)C. The van der Waals surface area contributed by atoms with Crippen molar-refractivity contribution in [2.75, 3.05) is 26.3 Å². The molecular formula is C12H25NO3. The van der Waals surface area contributed by atoms with Crippen molar-refractivity contribution in [2.45, 2.75) is 46.1 Å². The van der Waals surface area contributed by atoms with E-state index in [1.807, 2.05) is 13.8 Å². The molecule has 0 bridgehead atoms. The van der Waals surface area contributed by atoms with Crippen LogP contribution in [-0.4, -0.2) is 38.4 Å². The zero-order valence-corrected chi connectivity index (χ0v) is 10.8. The number of carbonyl (C=O) groups excluding carboxylic acids is 1. The van der Waals surface area contributed by atoms with Gasteiger partial charge in [-0.2, -0.15) is 0 Å². The Bertz CT molecular complexity index is 172. The average Bonchev–Trinajstić information content (AvgIpc) is 2.21. The van der Waals surface area contributed by atoms with E-state index < -0.39 is 0 Å². The molecule has 96 valence electrons. The molecule has 0 rings (SSSR count). The van der Waals surface area contributed by atoms with Crippen LogP contribution < -0.4 is 5.32 Å². The molecule has 0 aromatic rings. The van der Waals surface area contributed by atoms with Crippen LogP contribution in [0.25, 0.3) is 0 Å². The van der Waals surface area contributed by atoms with Crippen LogP contribution in [0.4, 0.5) is 0 Å². The second-order valence-electron chi connectivity index (χ2n) is 4.03. The highest BCUT2D eigenvalue weighted by molar-refractivity contribution is 5.71. The zero-order valence-electron chi connectivity index (χ0n) is 10.8. The van der Waals surface area contributed by atoms with E-state index in [0.717, 1.165) is 32.6 Å². The molecular weight excluding hydrogens is 206 g/mol. The molecule has 0 aromatic heterocycles. The van der Waals surface area contributed by atoms with E-state index in [4.69, 9.17) is 9.47 Å². The van der Waals surface area contributed by atoms with Gasteiger partial charge in [-0.25, -0.2) is 0 Å². The van der Waals surface area contributed by atoms with Crippen LogP contribution in [0.5, 0.6) is 0 Å². The Morgan fingerprint density at radius 3 is 2.56 bits per heavy atom. The van der Waals surface area contributed by atoms with E-state index in [9.17, 15) is 4.79 Å². The summed E-state index contributed by atoms with van der Waals surface area (Å²) in [5.41, 5.74) is 0. The fourth-order valence-corrected chi connectivity index (χ4v) is 1.14. The van der Waals surface area contributed by atoms with Crippen LogP contribution in [0.2, 0.25) is 0 Å². The first kappa shape index (κ1) is 15.4. The van der Waals surface area contributed by atoms with Crippen LogP contribution in [0.1, 0.15) is 40.0 Å². The second-order valence-corrected chi connectivity index (χ2v) is 4.03. The third-order valence-corrected chi connectivity index (χ3v) is 1.92. The lowest BCUT2D eigenvalue weighted by Crippen LogP contribution is -2.27. The van der Waals surface area contributed by atoms with Gasteiger partial charge in [0, 0.05) is 13.2 Å². The molecule has 0 heterocycles. The molecule has 0 saturated heterocycles. The summed E-state index contributed by atoms with van der Waals surface area (Å²) < 4.78 is 10.4. The predicted octanol–water partition coefficient (Wildman–Crippen LogP) is 1.73. The number of unbranched alkanes of at least 4 members (excludes halogenated alkanes) is 1. The van der Waals surface area contributed by atoms with Gasteiger partial charge in [0.05, 0.1) is 12.6 Å². The van der Waals surface area contributed by atoms with Crippen LogP contribution in [-0.2, 0) is 14.3 Å². The Kier molecular flexibility index (Phi) is 10.5.